The third-order valence-corrected chi connectivity index (χ3v) is 3.24. The third-order valence-electron chi connectivity index (χ3n) is 3.24. The molecule has 2 aromatic rings. The van der Waals surface area contributed by atoms with E-state index in [-0.39, 0.29) is 0 Å². The molecule has 1 aromatic heterocycles. The Hall–Kier alpha value is -2.10. The Morgan fingerprint density at radius 3 is 2.55 bits per heavy atom. The molecular weight excluding hydrogens is 248 g/mol. The van der Waals surface area contributed by atoms with Gasteiger partial charge in [-0.2, -0.15) is 0 Å². The molecule has 1 heterocycles. The van der Waals surface area contributed by atoms with Gasteiger partial charge in [0, 0.05) is 24.2 Å². The van der Waals surface area contributed by atoms with Gasteiger partial charge in [-0.1, -0.05) is 37.3 Å². The van der Waals surface area contributed by atoms with Crippen LogP contribution in [-0.4, -0.2) is 22.6 Å². The van der Waals surface area contributed by atoms with Crippen molar-refractivity contribution in [1.82, 2.24) is 9.97 Å². The highest BCUT2D eigenvalue weighted by molar-refractivity contribution is 5.61. The highest BCUT2D eigenvalue weighted by Crippen LogP contribution is 2.26. The smallest absolute Gasteiger partial charge is 0.163 e. The van der Waals surface area contributed by atoms with Gasteiger partial charge in [0.25, 0.3) is 0 Å². The first-order chi connectivity index (χ1) is 9.85. The molecule has 104 valence electrons. The van der Waals surface area contributed by atoms with Crippen LogP contribution in [0.2, 0.25) is 0 Å². The average molecular weight is 268 g/mol. The number of nitrogens with one attached hydrogen (secondary N) is 2. The second kappa shape index (κ2) is 5.90. The molecule has 1 aliphatic rings. The summed E-state index contributed by atoms with van der Waals surface area (Å²) in [6.07, 6.45) is 3.56. The monoisotopic (exact) mass is 268 g/mol. The van der Waals surface area contributed by atoms with Crippen LogP contribution in [0.25, 0.3) is 11.4 Å². The Bertz CT molecular complexity index is 564. The Balaban J connectivity index is 1.90. The van der Waals surface area contributed by atoms with E-state index in [1.165, 1.54) is 12.8 Å². The molecule has 20 heavy (non-hydrogen) atoms. The third kappa shape index (κ3) is 3.26. The molecule has 0 bridgehead atoms. The summed E-state index contributed by atoms with van der Waals surface area (Å²) in [4.78, 5) is 9.24. The van der Waals surface area contributed by atoms with Crippen LogP contribution in [0.4, 0.5) is 11.6 Å². The lowest BCUT2D eigenvalue weighted by molar-refractivity contribution is 0.964. The lowest BCUT2D eigenvalue weighted by atomic mass is 10.2. The van der Waals surface area contributed by atoms with Gasteiger partial charge in [-0.05, 0) is 19.3 Å². The maximum absolute atomic E-state index is 4.63. The van der Waals surface area contributed by atoms with Gasteiger partial charge in [0.05, 0.1) is 0 Å². The van der Waals surface area contributed by atoms with Crippen molar-refractivity contribution < 1.29 is 0 Å². The topological polar surface area (TPSA) is 49.8 Å². The van der Waals surface area contributed by atoms with Crippen LogP contribution >= 0.6 is 0 Å². The van der Waals surface area contributed by atoms with Crippen molar-refractivity contribution in [2.24, 2.45) is 0 Å². The molecule has 3 rings (SSSR count). The van der Waals surface area contributed by atoms with E-state index >= 15 is 0 Å². The van der Waals surface area contributed by atoms with E-state index in [1.54, 1.807) is 0 Å². The zero-order valence-corrected chi connectivity index (χ0v) is 11.8. The number of anilines is 2. The molecule has 0 atom stereocenters. The number of hydrogen-bond acceptors (Lipinski definition) is 4. The summed E-state index contributed by atoms with van der Waals surface area (Å²) in [7, 11) is 0. The van der Waals surface area contributed by atoms with Crippen molar-refractivity contribution >= 4 is 11.6 Å². The molecule has 1 fully saturated rings. The summed E-state index contributed by atoms with van der Waals surface area (Å²) in [6, 6.07) is 12.7. The second-order valence-electron chi connectivity index (χ2n) is 5.17. The van der Waals surface area contributed by atoms with Gasteiger partial charge in [-0.15, -0.1) is 0 Å². The normalized spacial score (nSPS) is 14.1. The second-order valence-corrected chi connectivity index (χ2v) is 5.17. The molecule has 4 heteroatoms. The largest absolute Gasteiger partial charge is 0.370 e. The van der Waals surface area contributed by atoms with Crippen LogP contribution in [0.5, 0.6) is 0 Å². The van der Waals surface area contributed by atoms with E-state index < -0.39 is 0 Å². The Morgan fingerprint density at radius 1 is 1.10 bits per heavy atom. The van der Waals surface area contributed by atoms with Crippen molar-refractivity contribution in [3.05, 3.63) is 36.4 Å². The summed E-state index contributed by atoms with van der Waals surface area (Å²) in [5.41, 5.74) is 1.05. The molecule has 0 amide bonds. The number of hydrogen-bond donors (Lipinski definition) is 2. The number of rotatable bonds is 6. The van der Waals surface area contributed by atoms with Crippen LogP contribution in [0, 0.1) is 0 Å². The van der Waals surface area contributed by atoms with E-state index in [4.69, 9.17) is 0 Å². The van der Waals surface area contributed by atoms with Crippen molar-refractivity contribution in [2.45, 2.75) is 32.2 Å². The van der Waals surface area contributed by atoms with Gasteiger partial charge in [0.1, 0.15) is 11.6 Å². The van der Waals surface area contributed by atoms with Crippen LogP contribution in [0.1, 0.15) is 26.2 Å². The quantitative estimate of drug-likeness (QED) is 0.841. The van der Waals surface area contributed by atoms with Gasteiger partial charge in [-0.25, -0.2) is 9.97 Å². The Kier molecular flexibility index (Phi) is 3.81. The zero-order valence-electron chi connectivity index (χ0n) is 11.8. The van der Waals surface area contributed by atoms with Gasteiger partial charge in [0.2, 0.25) is 0 Å². The molecule has 1 saturated carbocycles. The molecule has 0 spiro atoms. The summed E-state index contributed by atoms with van der Waals surface area (Å²) < 4.78 is 0. The molecule has 0 unspecified atom stereocenters. The van der Waals surface area contributed by atoms with Crippen LogP contribution in [0.15, 0.2) is 36.4 Å². The first-order valence-corrected chi connectivity index (χ1v) is 7.30. The van der Waals surface area contributed by atoms with Crippen molar-refractivity contribution in [2.75, 3.05) is 17.2 Å². The average Bonchev–Trinajstić information content (AvgIpc) is 3.30. The fourth-order valence-corrected chi connectivity index (χ4v) is 2.02. The molecular formula is C16H20N4. The Labute approximate surface area is 119 Å². The van der Waals surface area contributed by atoms with Gasteiger partial charge in [-0.3, -0.25) is 0 Å². The standard InChI is InChI=1S/C16H20N4/c1-2-10-17-14-11-15(18-13-8-9-13)20-16(19-14)12-6-4-3-5-7-12/h3-7,11,13H,2,8-10H2,1H3,(H2,17,18,19,20). The lowest BCUT2D eigenvalue weighted by Crippen LogP contribution is -2.08. The fourth-order valence-electron chi connectivity index (χ4n) is 2.02. The van der Waals surface area contributed by atoms with Gasteiger partial charge >= 0.3 is 0 Å². The first-order valence-electron chi connectivity index (χ1n) is 7.30. The summed E-state index contributed by atoms with van der Waals surface area (Å²) in [5.74, 6) is 2.58. The lowest BCUT2D eigenvalue weighted by Gasteiger charge is -2.10. The zero-order chi connectivity index (χ0) is 13.8. The SMILES string of the molecule is CCCNc1cc(NC2CC2)nc(-c2ccccc2)n1. The molecule has 1 aliphatic carbocycles. The highest BCUT2D eigenvalue weighted by Gasteiger charge is 2.21. The molecule has 0 radical (unpaired) electrons. The molecule has 0 aliphatic heterocycles. The number of nitrogens with zero attached hydrogens (tertiary/aromatic N) is 2. The minimum Gasteiger partial charge on any atom is -0.370 e. The van der Waals surface area contributed by atoms with Crippen LogP contribution in [0.3, 0.4) is 0 Å². The highest BCUT2D eigenvalue weighted by atomic mass is 15.1. The molecule has 0 saturated heterocycles. The van der Waals surface area contributed by atoms with Crippen molar-refractivity contribution in [1.29, 1.82) is 0 Å². The van der Waals surface area contributed by atoms with E-state index in [2.05, 4.69) is 27.5 Å². The summed E-state index contributed by atoms with van der Waals surface area (Å²) in [6.45, 7) is 3.07. The number of benzene rings is 1. The minimum absolute atomic E-state index is 0.590. The predicted octanol–water partition coefficient (Wildman–Crippen LogP) is 3.54. The van der Waals surface area contributed by atoms with Crippen molar-refractivity contribution in [3.63, 3.8) is 0 Å². The van der Waals surface area contributed by atoms with Crippen molar-refractivity contribution in [3.8, 4) is 11.4 Å². The van der Waals surface area contributed by atoms with E-state index in [1.807, 2.05) is 36.4 Å². The minimum atomic E-state index is 0.590. The predicted molar refractivity (Wildman–Crippen MR) is 82.9 cm³/mol. The summed E-state index contributed by atoms with van der Waals surface area (Å²) in [5, 5.41) is 6.80. The molecule has 4 nitrogen and oxygen atoms in total. The molecule has 1 aromatic carbocycles. The maximum Gasteiger partial charge on any atom is 0.163 e. The van der Waals surface area contributed by atoms with Gasteiger partial charge < -0.3 is 10.6 Å². The number of aromatic nitrogens is 2. The van der Waals surface area contributed by atoms with E-state index in [0.29, 0.717) is 6.04 Å². The van der Waals surface area contributed by atoms with Crippen LogP contribution < -0.4 is 10.6 Å². The Morgan fingerprint density at radius 2 is 1.85 bits per heavy atom. The van der Waals surface area contributed by atoms with E-state index in [0.717, 1.165) is 36.0 Å². The van der Waals surface area contributed by atoms with Crippen LogP contribution in [-0.2, 0) is 0 Å². The molecule has 2 N–H and O–H groups in total. The fraction of sp³-hybridized carbons (Fsp3) is 0.375. The van der Waals surface area contributed by atoms with E-state index in [9.17, 15) is 0 Å². The summed E-state index contributed by atoms with van der Waals surface area (Å²) >= 11 is 0. The first kappa shape index (κ1) is 12.9. The maximum atomic E-state index is 4.63. The van der Waals surface area contributed by atoms with Gasteiger partial charge in [0.15, 0.2) is 5.82 Å².